The Morgan fingerprint density at radius 2 is 1.79 bits per heavy atom. The molecule has 1 aromatic carbocycles. The van der Waals surface area contributed by atoms with Crippen molar-refractivity contribution in [3.05, 3.63) is 35.4 Å². The quantitative estimate of drug-likeness (QED) is 0.582. The molecule has 0 aromatic heterocycles. The molecular weight excluding hydrogens is 388 g/mol. The first-order chi connectivity index (χ1) is 12.9. The highest BCUT2D eigenvalue weighted by Gasteiger charge is 2.43. The number of nitrogens with one attached hydrogen (secondary N) is 1. The number of carbonyl (C=O) groups excluding carboxylic acids is 2. The SMILES string of the molecule is COC(=O)c1ccc(CN(C)C(=O)C2(F)CCNC2)cc1.O=C(O)C(F)(F)F. The first kappa shape index (κ1) is 23.3. The van der Waals surface area contributed by atoms with Gasteiger partial charge in [0.1, 0.15) is 0 Å². The largest absolute Gasteiger partial charge is 0.490 e. The average Bonchev–Trinajstić information content (AvgIpc) is 3.08. The lowest BCUT2D eigenvalue weighted by Crippen LogP contribution is -2.45. The van der Waals surface area contributed by atoms with E-state index < -0.39 is 29.7 Å². The molecule has 156 valence electrons. The van der Waals surface area contributed by atoms with Gasteiger partial charge < -0.3 is 20.1 Å². The van der Waals surface area contributed by atoms with Gasteiger partial charge in [0.15, 0.2) is 0 Å². The number of alkyl halides is 4. The normalized spacial score (nSPS) is 18.6. The molecule has 1 unspecified atom stereocenters. The molecule has 1 atom stereocenters. The third kappa shape index (κ3) is 6.48. The lowest BCUT2D eigenvalue weighted by Gasteiger charge is -2.25. The van der Waals surface area contributed by atoms with Crippen LogP contribution in [0.5, 0.6) is 0 Å². The molecule has 1 fully saturated rings. The van der Waals surface area contributed by atoms with Gasteiger partial charge in [0.2, 0.25) is 5.67 Å². The summed E-state index contributed by atoms with van der Waals surface area (Å²) < 4.78 is 50.7. The number of carbonyl (C=O) groups is 3. The van der Waals surface area contributed by atoms with Gasteiger partial charge in [-0.05, 0) is 24.2 Å². The Balaban J connectivity index is 0.000000480. The molecule has 0 radical (unpaired) electrons. The summed E-state index contributed by atoms with van der Waals surface area (Å²) in [6, 6.07) is 6.71. The second-order valence-corrected chi connectivity index (χ2v) is 6.04. The maximum Gasteiger partial charge on any atom is 0.490 e. The van der Waals surface area contributed by atoms with Crippen molar-refractivity contribution >= 4 is 17.8 Å². The van der Waals surface area contributed by atoms with Crippen LogP contribution in [0.1, 0.15) is 22.3 Å². The topological polar surface area (TPSA) is 95.9 Å². The molecule has 28 heavy (non-hydrogen) atoms. The van der Waals surface area contributed by atoms with Crippen molar-refractivity contribution in [1.82, 2.24) is 10.2 Å². The van der Waals surface area contributed by atoms with Crippen LogP contribution in [-0.4, -0.2) is 66.9 Å². The van der Waals surface area contributed by atoms with Crippen molar-refractivity contribution in [3.63, 3.8) is 0 Å². The molecule has 11 heteroatoms. The lowest BCUT2D eigenvalue weighted by molar-refractivity contribution is -0.192. The van der Waals surface area contributed by atoms with E-state index in [4.69, 9.17) is 9.90 Å². The number of esters is 1. The number of benzene rings is 1. The van der Waals surface area contributed by atoms with E-state index in [0.717, 1.165) is 5.56 Å². The molecule has 1 amide bonds. The molecule has 0 bridgehead atoms. The summed E-state index contributed by atoms with van der Waals surface area (Å²) in [5.74, 6) is -3.68. The number of hydrogen-bond donors (Lipinski definition) is 2. The van der Waals surface area contributed by atoms with Gasteiger partial charge in [-0.3, -0.25) is 4.79 Å². The Bertz CT molecular complexity index is 700. The minimum absolute atomic E-state index is 0.0669. The van der Waals surface area contributed by atoms with Crippen LogP contribution in [0.25, 0.3) is 0 Å². The highest BCUT2D eigenvalue weighted by Crippen LogP contribution is 2.23. The first-order valence-electron chi connectivity index (χ1n) is 8.03. The minimum atomic E-state index is -5.08. The second-order valence-electron chi connectivity index (χ2n) is 6.04. The van der Waals surface area contributed by atoms with Gasteiger partial charge in [-0.2, -0.15) is 13.2 Å². The van der Waals surface area contributed by atoms with Gasteiger partial charge in [0.25, 0.3) is 5.91 Å². The molecule has 1 heterocycles. The van der Waals surface area contributed by atoms with Crippen LogP contribution in [0.2, 0.25) is 0 Å². The minimum Gasteiger partial charge on any atom is -0.475 e. The Kier molecular flexibility index (Phi) is 7.91. The summed E-state index contributed by atoms with van der Waals surface area (Å²) >= 11 is 0. The van der Waals surface area contributed by atoms with E-state index in [0.29, 0.717) is 18.7 Å². The van der Waals surface area contributed by atoms with Gasteiger partial charge >= 0.3 is 18.1 Å². The zero-order valence-corrected chi connectivity index (χ0v) is 15.2. The molecule has 0 aliphatic carbocycles. The second kappa shape index (κ2) is 9.49. The van der Waals surface area contributed by atoms with E-state index in [9.17, 15) is 27.2 Å². The van der Waals surface area contributed by atoms with Crippen LogP contribution in [0.4, 0.5) is 17.6 Å². The van der Waals surface area contributed by atoms with Crippen LogP contribution in [0, 0.1) is 0 Å². The summed E-state index contributed by atoms with van der Waals surface area (Å²) in [7, 11) is 2.90. The van der Waals surface area contributed by atoms with E-state index >= 15 is 0 Å². The number of ether oxygens (including phenoxy) is 1. The van der Waals surface area contributed by atoms with Crippen molar-refractivity contribution < 1.29 is 41.8 Å². The van der Waals surface area contributed by atoms with Gasteiger partial charge in [0.05, 0.1) is 12.7 Å². The van der Waals surface area contributed by atoms with Crippen LogP contribution < -0.4 is 5.32 Å². The van der Waals surface area contributed by atoms with Crippen molar-refractivity contribution in [2.24, 2.45) is 0 Å². The zero-order valence-electron chi connectivity index (χ0n) is 15.2. The third-order valence-electron chi connectivity index (χ3n) is 3.87. The number of carboxylic acid groups (broad SMARTS) is 1. The number of nitrogens with zero attached hydrogens (tertiary/aromatic N) is 1. The zero-order chi connectivity index (χ0) is 21.5. The molecule has 1 saturated heterocycles. The highest BCUT2D eigenvalue weighted by atomic mass is 19.4. The predicted octanol–water partition coefficient (Wildman–Crippen LogP) is 1.77. The summed E-state index contributed by atoms with van der Waals surface area (Å²) in [5.41, 5.74) is -0.536. The Hall–Kier alpha value is -2.69. The molecule has 7 nitrogen and oxygen atoms in total. The van der Waals surface area contributed by atoms with Crippen molar-refractivity contribution in [1.29, 1.82) is 0 Å². The lowest BCUT2D eigenvalue weighted by atomic mass is 10.0. The van der Waals surface area contributed by atoms with E-state index in [-0.39, 0.29) is 13.0 Å². The fraction of sp³-hybridized carbons (Fsp3) is 0.471. The van der Waals surface area contributed by atoms with Crippen LogP contribution in [0.15, 0.2) is 24.3 Å². The van der Waals surface area contributed by atoms with Crippen molar-refractivity contribution in [2.45, 2.75) is 24.8 Å². The molecule has 2 rings (SSSR count). The molecular formula is C17H20F4N2O5. The van der Waals surface area contributed by atoms with Gasteiger partial charge in [0, 0.05) is 26.6 Å². The summed E-state index contributed by atoms with van der Waals surface area (Å²) in [6.07, 6.45) is -4.88. The van der Waals surface area contributed by atoms with Crippen molar-refractivity contribution in [2.75, 3.05) is 27.2 Å². The number of aliphatic carboxylic acids is 1. The van der Waals surface area contributed by atoms with E-state index in [2.05, 4.69) is 10.1 Å². The molecule has 0 saturated carbocycles. The van der Waals surface area contributed by atoms with Gasteiger partial charge in [-0.1, -0.05) is 12.1 Å². The van der Waals surface area contributed by atoms with Crippen LogP contribution in [-0.2, 0) is 20.9 Å². The van der Waals surface area contributed by atoms with Crippen LogP contribution >= 0.6 is 0 Å². The third-order valence-corrected chi connectivity index (χ3v) is 3.87. The summed E-state index contributed by atoms with van der Waals surface area (Å²) in [6.45, 7) is 0.882. The fourth-order valence-electron chi connectivity index (χ4n) is 2.40. The van der Waals surface area contributed by atoms with Crippen molar-refractivity contribution in [3.8, 4) is 0 Å². The smallest absolute Gasteiger partial charge is 0.475 e. The number of amides is 1. The number of carboxylic acids is 1. The standard InChI is InChI=1S/C15H19FN2O3.C2HF3O2/c1-18(14(20)15(16)7-8-17-10-15)9-11-3-5-12(6-4-11)13(19)21-2;3-2(4,5)1(6)7/h3-6,17H,7-10H2,1-2H3;(H,6,7). The average molecular weight is 408 g/mol. The maximum absolute atomic E-state index is 14.4. The van der Waals surface area contributed by atoms with E-state index in [1.165, 1.54) is 12.0 Å². The summed E-state index contributed by atoms with van der Waals surface area (Å²) in [5, 5.41) is 9.99. The van der Waals surface area contributed by atoms with Gasteiger partial charge in [-0.25, -0.2) is 14.0 Å². The van der Waals surface area contributed by atoms with E-state index in [1.807, 2.05) is 0 Å². The van der Waals surface area contributed by atoms with Crippen LogP contribution in [0.3, 0.4) is 0 Å². The molecule has 2 N–H and O–H groups in total. The molecule has 0 spiro atoms. The number of methoxy groups -OCH3 is 1. The number of hydrogen-bond acceptors (Lipinski definition) is 5. The summed E-state index contributed by atoms with van der Waals surface area (Å²) in [4.78, 5) is 33.7. The maximum atomic E-state index is 14.4. The Labute approximate surface area is 158 Å². The number of halogens is 4. The highest BCUT2D eigenvalue weighted by molar-refractivity contribution is 5.89. The van der Waals surface area contributed by atoms with E-state index in [1.54, 1.807) is 31.3 Å². The molecule has 1 aromatic rings. The Morgan fingerprint density at radius 3 is 2.18 bits per heavy atom. The number of rotatable bonds is 4. The molecule has 1 aliphatic rings. The predicted molar refractivity (Wildman–Crippen MR) is 89.3 cm³/mol. The van der Waals surface area contributed by atoms with Gasteiger partial charge in [-0.15, -0.1) is 0 Å². The molecule has 1 aliphatic heterocycles. The monoisotopic (exact) mass is 408 g/mol. The fourth-order valence-corrected chi connectivity index (χ4v) is 2.40. The Morgan fingerprint density at radius 1 is 1.25 bits per heavy atom. The first-order valence-corrected chi connectivity index (χ1v) is 8.03.